The highest BCUT2D eigenvalue weighted by Crippen LogP contribution is 2.33. The highest BCUT2D eigenvalue weighted by molar-refractivity contribution is 7.80. The van der Waals surface area contributed by atoms with Gasteiger partial charge in [0.25, 0.3) is 0 Å². The lowest BCUT2D eigenvalue weighted by molar-refractivity contribution is 0.404. The van der Waals surface area contributed by atoms with Gasteiger partial charge in [0.2, 0.25) is 0 Å². The van der Waals surface area contributed by atoms with Crippen molar-refractivity contribution in [1.82, 2.24) is 10.7 Å². The summed E-state index contributed by atoms with van der Waals surface area (Å²) in [5.41, 5.74) is 3.21. The maximum Gasteiger partial charge on any atom is 0.186 e. The second kappa shape index (κ2) is 7.91. The van der Waals surface area contributed by atoms with E-state index in [4.69, 9.17) is 23.8 Å². The fourth-order valence-electron chi connectivity index (χ4n) is 1.36. The van der Waals surface area contributed by atoms with Crippen molar-refractivity contribution in [3.63, 3.8) is 0 Å². The number of nitrogens with one attached hydrogen (secondary N) is 2. The number of halogens is 1. The molecular formula is C13H18ClN3O2S. The van der Waals surface area contributed by atoms with Crippen LogP contribution in [0.3, 0.4) is 0 Å². The molecule has 0 radical (unpaired) electrons. The fraction of sp³-hybridized carbons (Fsp3) is 0.385. The van der Waals surface area contributed by atoms with Crippen molar-refractivity contribution in [2.45, 2.75) is 20.3 Å². The van der Waals surface area contributed by atoms with E-state index in [1.54, 1.807) is 0 Å². The number of phenolic OH excluding ortho intramolecular Hbond substituents is 2. The number of thiocarbonyl (C=S) groups is 1. The lowest BCUT2D eigenvalue weighted by Crippen LogP contribution is -2.33. The van der Waals surface area contributed by atoms with Gasteiger partial charge in [-0.25, -0.2) is 0 Å². The number of hydrogen-bond donors (Lipinski definition) is 4. The Morgan fingerprint density at radius 1 is 1.45 bits per heavy atom. The van der Waals surface area contributed by atoms with Gasteiger partial charge >= 0.3 is 0 Å². The van der Waals surface area contributed by atoms with Crippen molar-refractivity contribution in [3.05, 3.63) is 22.7 Å². The molecule has 1 rings (SSSR count). The van der Waals surface area contributed by atoms with Crippen LogP contribution in [0.5, 0.6) is 11.5 Å². The van der Waals surface area contributed by atoms with Gasteiger partial charge in [0.1, 0.15) is 0 Å². The second-order valence-electron chi connectivity index (χ2n) is 4.68. The third-order valence-corrected chi connectivity index (χ3v) is 2.98. The topological polar surface area (TPSA) is 76.9 Å². The summed E-state index contributed by atoms with van der Waals surface area (Å²) in [5, 5.41) is 26.1. The first-order valence-corrected chi connectivity index (χ1v) is 6.97. The summed E-state index contributed by atoms with van der Waals surface area (Å²) in [7, 11) is 0. The van der Waals surface area contributed by atoms with Crippen LogP contribution in [-0.4, -0.2) is 28.1 Å². The zero-order chi connectivity index (χ0) is 15.1. The van der Waals surface area contributed by atoms with E-state index in [2.05, 4.69) is 29.7 Å². The maximum atomic E-state index is 9.40. The molecule has 0 saturated carbocycles. The standard InChI is InChI=1S/C13H18ClN3O2S/c1-8(2)3-4-15-13(20)17-16-7-9-5-10(14)12(19)11(18)6-9/h5-8,18-19H,3-4H2,1-2H3,(H2,15,17,20)/b16-7+. The summed E-state index contributed by atoms with van der Waals surface area (Å²) in [4.78, 5) is 0. The van der Waals surface area contributed by atoms with Crippen LogP contribution in [-0.2, 0) is 0 Å². The monoisotopic (exact) mass is 315 g/mol. The summed E-state index contributed by atoms with van der Waals surface area (Å²) in [6.07, 6.45) is 2.47. The molecule has 0 spiro atoms. The molecule has 1 aromatic rings. The minimum Gasteiger partial charge on any atom is -0.504 e. The minimum atomic E-state index is -0.345. The van der Waals surface area contributed by atoms with Crippen molar-refractivity contribution >= 4 is 35.1 Å². The Labute approximate surface area is 128 Å². The zero-order valence-corrected chi connectivity index (χ0v) is 12.9. The highest BCUT2D eigenvalue weighted by atomic mass is 35.5. The smallest absolute Gasteiger partial charge is 0.186 e. The number of hydrazone groups is 1. The molecule has 0 aliphatic carbocycles. The largest absolute Gasteiger partial charge is 0.504 e. The Balaban J connectivity index is 2.47. The van der Waals surface area contributed by atoms with Crippen LogP contribution in [0, 0.1) is 5.92 Å². The molecule has 0 aromatic heterocycles. The molecule has 4 N–H and O–H groups in total. The summed E-state index contributed by atoms with van der Waals surface area (Å²) < 4.78 is 0. The van der Waals surface area contributed by atoms with Crippen LogP contribution in [0.15, 0.2) is 17.2 Å². The lowest BCUT2D eigenvalue weighted by Gasteiger charge is -2.08. The van der Waals surface area contributed by atoms with Crippen LogP contribution >= 0.6 is 23.8 Å². The molecule has 110 valence electrons. The van der Waals surface area contributed by atoms with E-state index < -0.39 is 0 Å². The minimum absolute atomic E-state index is 0.0593. The molecule has 0 aliphatic rings. The van der Waals surface area contributed by atoms with Crippen LogP contribution < -0.4 is 10.7 Å². The van der Waals surface area contributed by atoms with Gasteiger partial charge in [-0.1, -0.05) is 25.4 Å². The molecule has 0 fully saturated rings. The first kappa shape index (κ1) is 16.5. The Morgan fingerprint density at radius 2 is 2.15 bits per heavy atom. The molecule has 0 bridgehead atoms. The van der Waals surface area contributed by atoms with E-state index in [1.165, 1.54) is 18.3 Å². The lowest BCUT2D eigenvalue weighted by atomic mass is 10.1. The predicted octanol–water partition coefficient (Wildman–Crippen LogP) is 2.60. The van der Waals surface area contributed by atoms with E-state index >= 15 is 0 Å². The van der Waals surface area contributed by atoms with Crippen LogP contribution in [0.25, 0.3) is 0 Å². The Kier molecular flexibility index (Phi) is 6.54. The average Bonchev–Trinajstić information content (AvgIpc) is 2.35. The van der Waals surface area contributed by atoms with Crippen molar-refractivity contribution in [2.75, 3.05) is 6.54 Å². The fourth-order valence-corrected chi connectivity index (χ4v) is 1.74. The van der Waals surface area contributed by atoms with Crippen LogP contribution in [0.4, 0.5) is 0 Å². The van der Waals surface area contributed by atoms with Crippen LogP contribution in [0.1, 0.15) is 25.8 Å². The van der Waals surface area contributed by atoms with Gasteiger partial charge in [-0.3, -0.25) is 5.43 Å². The van der Waals surface area contributed by atoms with E-state index in [9.17, 15) is 10.2 Å². The molecule has 20 heavy (non-hydrogen) atoms. The van der Waals surface area contributed by atoms with Gasteiger partial charge in [-0.15, -0.1) is 0 Å². The summed E-state index contributed by atoms with van der Waals surface area (Å²) >= 11 is 10.8. The average molecular weight is 316 g/mol. The number of hydrogen-bond acceptors (Lipinski definition) is 4. The molecule has 5 nitrogen and oxygen atoms in total. The number of rotatable bonds is 5. The van der Waals surface area contributed by atoms with Gasteiger partial charge in [0.15, 0.2) is 16.6 Å². The van der Waals surface area contributed by atoms with Crippen molar-refractivity contribution in [1.29, 1.82) is 0 Å². The van der Waals surface area contributed by atoms with E-state index in [0.717, 1.165) is 13.0 Å². The zero-order valence-electron chi connectivity index (χ0n) is 11.4. The van der Waals surface area contributed by atoms with E-state index in [1.807, 2.05) is 0 Å². The van der Waals surface area contributed by atoms with E-state index in [0.29, 0.717) is 16.6 Å². The second-order valence-corrected chi connectivity index (χ2v) is 5.49. The SMILES string of the molecule is CC(C)CCNC(=S)N/N=C/c1cc(O)c(O)c(Cl)c1. The molecule has 0 aliphatic heterocycles. The molecule has 0 unspecified atom stereocenters. The summed E-state index contributed by atoms with van der Waals surface area (Å²) in [6.45, 7) is 5.06. The normalized spacial score (nSPS) is 11.0. The predicted molar refractivity (Wildman–Crippen MR) is 85.6 cm³/mol. The Bertz CT molecular complexity index is 483. The molecule has 0 atom stereocenters. The van der Waals surface area contributed by atoms with Crippen molar-refractivity contribution < 1.29 is 10.2 Å². The van der Waals surface area contributed by atoms with Gasteiger partial charge in [-0.2, -0.15) is 5.10 Å². The number of benzene rings is 1. The molecular weight excluding hydrogens is 298 g/mol. The first-order valence-electron chi connectivity index (χ1n) is 6.18. The Morgan fingerprint density at radius 3 is 2.75 bits per heavy atom. The van der Waals surface area contributed by atoms with Crippen molar-refractivity contribution in [3.8, 4) is 11.5 Å². The quantitative estimate of drug-likeness (QED) is 0.291. The first-order chi connectivity index (χ1) is 9.40. The summed E-state index contributed by atoms with van der Waals surface area (Å²) in [6, 6.07) is 2.83. The van der Waals surface area contributed by atoms with Crippen molar-refractivity contribution in [2.24, 2.45) is 11.0 Å². The van der Waals surface area contributed by atoms with Gasteiger partial charge in [0.05, 0.1) is 11.2 Å². The van der Waals surface area contributed by atoms with Gasteiger partial charge in [-0.05, 0) is 42.3 Å². The highest BCUT2D eigenvalue weighted by Gasteiger charge is 2.05. The third-order valence-electron chi connectivity index (χ3n) is 2.45. The Hall–Kier alpha value is -1.53. The number of nitrogens with zero attached hydrogens (tertiary/aromatic N) is 1. The van der Waals surface area contributed by atoms with Crippen LogP contribution in [0.2, 0.25) is 5.02 Å². The van der Waals surface area contributed by atoms with E-state index in [-0.39, 0.29) is 16.5 Å². The molecule has 0 amide bonds. The maximum absolute atomic E-state index is 9.40. The number of aromatic hydroxyl groups is 2. The molecule has 0 saturated heterocycles. The number of phenols is 2. The van der Waals surface area contributed by atoms with Gasteiger partial charge < -0.3 is 15.5 Å². The van der Waals surface area contributed by atoms with Gasteiger partial charge in [0, 0.05) is 6.54 Å². The molecule has 7 heteroatoms. The third kappa shape index (κ3) is 5.63. The molecule has 0 heterocycles. The summed E-state index contributed by atoms with van der Waals surface area (Å²) in [5.74, 6) is -0.0323. The molecule has 1 aromatic carbocycles.